The van der Waals surface area contributed by atoms with Gasteiger partial charge in [0.05, 0.1) is 6.54 Å². The molecule has 1 rings (SSSR count). The van der Waals surface area contributed by atoms with E-state index < -0.39 is 0 Å². The second-order valence-corrected chi connectivity index (χ2v) is 6.88. The van der Waals surface area contributed by atoms with Crippen molar-refractivity contribution >= 4 is 41.5 Å². The summed E-state index contributed by atoms with van der Waals surface area (Å²) in [5.41, 5.74) is 2.02. The Bertz CT molecular complexity index is 581. The summed E-state index contributed by atoms with van der Waals surface area (Å²) in [7, 11) is 1.71. The number of anilines is 1. The molecule has 0 aliphatic heterocycles. The molecule has 7 heteroatoms. The molecule has 0 fully saturated rings. The van der Waals surface area contributed by atoms with Gasteiger partial charge >= 0.3 is 0 Å². The molecular formula is C20H36IN5O. The zero-order valence-electron chi connectivity index (χ0n) is 17.5. The van der Waals surface area contributed by atoms with Gasteiger partial charge in [-0.25, -0.2) is 0 Å². The number of halogens is 1. The average Bonchev–Trinajstić information content (AvgIpc) is 2.60. The van der Waals surface area contributed by atoms with Gasteiger partial charge in [-0.2, -0.15) is 0 Å². The highest BCUT2D eigenvalue weighted by molar-refractivity contribution is 14.0. The minimum atomic E-state index is -0.0906. The molecule has 0 bridgehead atoms. The van der Waals surface area contributed by atoms with Gasteiger partial charge in [-0.15, -0.1) is 24.0 Å². The number of benzene rings is 1. The average molecular weight is 489 g/mol. The van der Waals surface area contributed by atoms with Gasteiger partial charge in [0.25, 0.3) is 0 Å². The first-order valence-corrected chi connectivity index (χ1v) is 9.46. The summed E-state index contributed by atoms with van der Waals surface area (Å²) in [6.45, 7) is 12.8. The molecule has 0 spiro atoms. The van der Waals surface area contributed by atoms with Gasteiger partial charge in [-0.05, 0) is 51.8 Å². The van der Waals surface area contributed by atoms with Crippen molar-refractivity contribution in [2.45, 2.75) is 53.1 Å². The Hall–Kier alpha value is -1.35. The van der Waals surface area contributed by atoms with Gasteiger partial charge in [-0.1, -0.05) is 19.1 Å². The van der Waals surface area contributed by atoms with Crippen LogP contribution in [0.3, 0.4) is 0 Å². The van der Waals surface area contributed by atoms with Gasteiger partial charge in [0.2, 0.25) is 5.91 Å². The molecule has 27 heavy (non-hydrogen) atoms. The maximum absolute atomic E-state index is 12.1. The van der Waals surface area contributed by atoms with Crippen molar-refractivity contribution in [1.82, 2.24) is 15.5 Å². The Balaban J connectivity index is 0.00000676. The third-order valence-corrected chi connectivity index (χ3v) is 4.25. The third-order valence-electron chi connectivity index (χ3n) is 4.25. The molecule has 0 heterocycles. The zero-order valence-corrected chi connectivity index (χ0v) is 19.8. The molecule has 0 atom stereocenters. The Morgan fingerprint density at radius 1 is 1.15 bits per heavy atom. The SMILES string of the molecule is CCc1cccc(NC(=O)CNC(=NC)NCCN(C(C)C)C(C)C)c1.I. The van der Waals surface area contributed by atoms with Crippen LogP contribution in [-0.2, 0) is 11.2 Å². The molecule has 0 radical (unpaired) electrons. The maximum Gasteiger partial charge on any atom is 0.243 e. The van der Waals surface area contributed by atoms with E-state index in [1.54, 1.807) is 7.05 Å². The van der Waals surface area contributed by atoms with E-state index in [0.717, 1.165) is 25.2 Å². The number of carbonyl (C=O) groups is 1. The first-order chi connectivity index (χ1) is 12.4. The number of guanidine groups is 1. The lowest BCUT2D eigenvalue weighted by molar-refractivity contribution is -0.115. The zero-order chi connectivity index (χ0) is 19.5. The van der Waals surface area contributed by atoms with E-state index in [1.165, 1.54) is 5.56 Å². The molecule has 1 aromatic carbocycles. The van der Waals surface area contributed by atoms with Crippen LogP contribution in [0.5, 0.6) is 0 Å². The predicted molar refractivity (Wildman–Crippen MR) is 126 cm³/mol. The van der Waals surface area contributed by atoms with Crippen molar-refractivity contribution in [3.63, 3.8) is 0 Å². The number of rotatable bonds is 9. The van der Waals surface area contributed by atoms with E-state index in [1.807, 2.05) is 18.2 Å². The van der Waals surface area contributed by atoms with Crippen molar-refractivity contribution in [2.75, 3.05) is 32.0 Å². The fraction of sp³-hybridized carbons (Fsp3) is 0.600. The molecule has 1 amide bonds. The molecule has 0 unspecified atom stereocenters. The van der Waals surface area contributed by atoms with Crippen molar-refractivity contribution in [2.24, 2.45) is 4.99 Å². The normalized spacial score (nSPS) is 11.5. The number of aliphatic imine (C=N–C) groups is 1. The minimum Gasteiger partial charge on any atom is -0.355 e. The third kappa shape index (κ3) is 9.95. The lowest BCUT2D eigenvalue weighted by Gasteiger charge is -2.30. The van der Waals surface area contributed by atoms with Gasteiger partial charge < -0.3 is 16.0 Å². The van der Waals surface area contributed by atoms with Crippen molar-refractivity contribution in [3.8, 4) is 0 Å². The smallest absolute Gasteiger partial charge is 0.243 e. The number of amides is 1. The summed E-state index contributed by atoms with van der Waals surface area (Å²) in [6.07, 6.45) is 0.947. The van der Waals surface area contributed by atoms with Crippen molar-refractivity contribution < 1.29 is 4.79 Å². The number of nitrogens with one attached hydrogen (secondary N) is 3. The molecule has 0 saturated heterocycles. The molecular weight excluding hydrogens is 453 g/mol. The molecule has 0 aliphatic carbocycles. The van der Waals surface area contributed by atoms with Gasteiger partial charge in [0, 0.05) is 37.9 Å². The number of aryl methyl sites for hydroxylation is 1. The second kappa shape index (κ2) is 13.8. The van der Waals surface area contributed by atoms with Crippen molar-refractivity contribution in [3.05, 3.63) is 29.8 Å². The molecule has 154 valence electrons. The summed E-state index contributed by atoms with van der Waals surface area (Å²) >= 11 is 0. The van der Waals surface area contributed by atoms with Crippen LogP contribution in [0.25, 0.3) is 0 Å². The predicted octanol–water partition coefficient (Wildman–Crippen LogP) is 3.09. The topological polar surface area (TPSA) is 68.8 Å². The molecule has 0 aromatic heterocycles. The van der Waals surface area contributed by atoms with Crippen LogP contribution in [0, 0.1) is 0 Å². The lowest BCUT2D eigenvalue weighted by atomic mass is 10.1. The van der Waals surface area contributed by atoms with E-state index in [4.69, 9.17) is 0 Å². The molecule has 1 aromatic rings. The summed E-state index contributed by atoms with van der Waals surface area (Å²) in [6, 6.07) is 8.90. The highest BCUT2D eigenvalue weighted by Gasteiger charge is 2.12. The van der Waals surface area contributed by atoms with Gasteiger partial charge in [0.1, 0.15) is 0 Å². The molecule has 6 nitrogen and oxygen atoms in total. The van der Waals surface area contributed by atoms with Crippen LogP contribution in [0.2, 0.25) is 0 Å². The van der Waals surface area contributed by atoms with E-state index in [-0.39, 0.29) is 36.4 Å². The maximum atomic E-state index is 12.1. The van der Waals surface area contributed by atoms with Crippen LogP contribution in [0.1, 0.15) is 40.2 Å². The first-order valence-electron chi connectivity index (χ1n) is 9.46. The summed E-state index contributed by atoms with van der Waals surface area (Å²) in [5.74, 6) is 0.544. The molecule has 0 saturated carbocycles. The minimum absolute atomic E-state index is 0. The van der Waals surface area contributed by atoms with E-state index in [0.29, 0.717) is 18.0 Å². The van der Waals surface area contributed by atoms with E-state index in [2.05, 4.69) is 66.5 Å². The second-order valence-electron chi connectivity index (χ2n) is 6.88. The number of hydrogen-bond acceptors (Lipinski definition) is 3. The molecule has 3 N–H and O–H groups in total. The fourth-order valence-electron chi connectivity index (χ4n) is 2.87. The molecule has 0 aliphatic rings. The summed E-state index contributed by atoms with van der Waals surface area (Å²) < 4.78 is 0. The standard InChI is InChI=1S/C20H35N5O.HI/c1-7-17-9-8-10-18(13-17)24-19(26)14-23-20(21-6)22-11-12-25(15(2)3)16(4)5;/h8-10,13,15-16H,7,11-12,14H2,1-6H3,(H,24,26)(H2,21,22,23);1H. The van der Waals surface area contributed by atoms with Crippen LogP contribution in [-0.4, -0.2) is 55.5 Å². The Kier molecular flexibility index (Phi) is 13.1. The van der Waals surface area contributed by atoms with Crippen LogP contribution in [0.4, 0.5) is 5.69 Å². The first kappa shape index (κ1) is 25.6. The van der Waals surface area contributed by atoms with Crippen LogP contribution >= 0.6 is 24.0 Å². The van der Waals surface area contributed by atoms with Crippen LogP contribution < -0.4 is 16.0 Å². The number of hydrogen-bond donors (Lipinski definition) is 3. The Labute approximate surface area is 181 Å². The number of nitrogens with zero attached hydrogens (tertiary/aromatic N) is 2. The highest BCUT2D eigenvalue weighted by Crippen LogP contribution is 2.10. The van der Waals surface area contributed by atoms with E-state index in [9.17, 15) is 4.79 Å². The van der Waals surface area contributed by atoms with Crippen molar-refractivity contribution in [1.29, 1.82) is 0 Å². The van der Waals surface area contributed by atoms with Crippen LogP contribution in [0.15, 0.2) is 29.3 Å². The summed E-state index contributed by atoms with van der Waals surface area (Å²) in [4.78, 5) is 18.7. The largest absolute Gasteiger partial charge is 0.355 e. The van der Waals surface area contributed by atoms with Gasteiger partial charge in [0.15, 0.2) is 5.96 Å². The van der Waals surface area contributed by atoms with Gasteiger partial charge in [-0.3, -0.25) is 14.7 Å². The number of carbonyl (C=O) groups excluding carboxylic acids is 1. The fourth-order valence-corrected chi connectivity index (χ4v) is 2.87. The lowest BCUT2D eigenvalue weighted by Crippen LogP contribution is -2.46. The quantitative estimate of drug-likeness (QED) is 0.283. The monoisotopic (exact) mass is 489 g/mol. The van der Waals surface area contributed by atoms with E-state index >= 15 is 0 Å². The Morgan fingerprint density at radius 3 is 2.37 bits per heavy atom. The Morgan fingerprint density at radius 2 is 1.81 bits per heavy atom. The summed E-state index contributed by atoms with van der Waals surface area (Å²) in [5, 5.41) is 9.23. The highest BCUT2D eigenvalue weighted by atomic mass is 127.